The van der Waals surface area contributed by atoms with Gasteiger partial charge in [-0.3, -0.25) is 4.79 Å². The van der Waals surface area contributed by atoms with E-state index >= 15 is 0 Å². The molecular weight excluding hydrogens is 374 g/mol. The van der Waals surface area contributed by atoms with Gasteiger partial charge in [-0.2, -0.15) is 0 Å². The number of hydrogen-bond donors (Lipinski definition) is 3. The fourth-order valence-electron chi connectivity index (χ4n) is 5.21. The Bertz CT molecular complexity index is 831. The van der Waals surface area contributed by atoms with Crippen molar-refractivity contribution in [2.24, 2.45) is 0 Å². The highest BCUT2D eigenvalue weighted by Gasteiger charge is 2.39. The summed E-state index contributed by atoms with van der Waals surface area (Å²) in [4.78, 5) is 16.8. The number of anilines is 1. The van der Waals surface area contributed by atoms with Gasteiger partial charge in [-0.05, 0) is 49.6 Å². The Hall–Kier alpha value is -2.53. The molecule has 0 radical (unpaired) electrons. The maximum Gasteiger partial charge on any atom is 0.275 e. The quantitative estimate of drug-likeness (QED) is 0.712. The standard InChI is InChI=1S/C25H33N3O2/c1-25(14-6-5-9-23(25)20-10-12-22(29)13-11-20)26-24(30)19-27-15-17-28(18-16-27)21-7-3-2-4-8-21/h2-4,7-8,10-13,23,29H,5-6,9,14-19H2,1H3,(H,26,30)/p+1/t23-,25-/m0/s1. The predicted molar refractivity (Wildman–Crippen MR) is 120 cm³/mol. The normalized spacial score (nSPS) is 25.1. The van der Waals surface area contributed by atoms with E-state index in [4.69, 9.17) is 0 Å². The Kier molecular flexibility index (Phi) is 6.28. The average Bonchev–Trinajstić information content (AvgIpc) is 2.76. The molecule has 160 valence electrons. The number of phenolic OH excluding ortho intramolecular Hbond substituents is 1. The first-order valence-corrected chi connectivity index (χ1v) is 11.3. The second-order valence-corrected chi connectivity index (χ2v) is 9.10. The van der Waals surface area contributed by atoms with Crippen LogP contribution in [-0.4, -0.2) is 49.3 Å². The fourth-order valence-corrected chi connectivity index (χ4v) is 5.21. The van der Waals surface area contributed by atoms with Crippen molar-refractivity contribution in [3.8, 4) is 5.75 Å². The van der Waals surface area contributed by atoms with Crippen molar-refractivity contribution in [2.45, 2.75) is 44.1 Å². The zero-order chi connectivity index (χ0) is 21.0. The van der Waals surface area contributed by atoms with Gasteiger partial charge in [0, 0.05) is 17.1 Å². The van der Waals surface area contributed by atoms with Gasteiger partial charge in [-0.1, -0.05) is 43.2 Å². The Balaban J connectivity index is 1.34. The van der Waals surface area contributed by atoms with Crippen molar-refractivity contribution in [1.82, 2.24) is 5.32 Å². The van der Waals surface area contributed by atoms with Crippen LogP contribution in [-0.2, 0) is 4.79 Å². The van der Waals surface area contributed by atoms with Crippen LogP contribution in [0.3, 0.4) is 0 Å². The first-order chi connectivity index (χ1) is 14.5. The summed E-state index contributed by atoms with van der Waals surface area (Å²) >= 11 is 0. The lowest BCUT2D eigenvalue weighted by Crippen LogP contribution is -3.16. The molecule has 5 heteroatoms. The molecule has 0 aromatic heterocycles. The molecule has 5 nitrogen and oxygen atoms in total. The highest BCUT2D eigenvalue weighted by Crippen LogP contribution is 2.41. The second kappa shape index (κ2) is 9.09. The number of nitrogens with one attached hydrogen (secondary N) is 2. The minimum atomic E-state index is -0.225. The third kappa shape index (κ3) is 4.78. The average molecular weight is 409 g/mol. The summed E-state index contributed by atoms with van der Waals surface area (Å²) in [6.07, 6.45) is 4.41. The van der Waals surface area contributed by atoms with Crippen molar-refractivity contribution in [2.75, 3.05) is 37.6 Å². The first kappa shape index (κ1) is 20.7. The van der Waals surface area contributed by atoms with Crippen LogP contribution in [0.2, 0.25) is 0 Å². The highest BCUT2D eigenvalue weighted by atomic mass is 16.3. The van der Waals surface area contributed by atoms with Gasteiger partial charge in [0.25, 0.3) is 5.91 Å². The lowest BCUT2D eigenvalue weighted by molar-refractivity contribution is -0.892. The molecule has 3 N–H and O–H groups in total. The smallest absolute Gasteiger partial charge is 0.275 e. The summed E-state index contributed by atoms with van der Waals surface area (Å²) in [7, 11) is 0. The molecule has 0 bridgehead atoms. The number of para-hydroxylation sites is 1. The maximum absolute atomic E-state index is 13.0. The number of carbonyl (C=O) groups excluding carboxylic acids is 1. The number of amides is 1. The van der Waals surface area contributed by atoms with Crippen LogP contribution in [0.1, 0.15) is 44.1 Å². The van der Waals surface area contributed by atoms with E-state index in [1.54, 1.807) is 12.1 Å². The molecule has 2 fully saturated rings. The van der Waals surface area contributed by atoms with Crippen molar-refractivity contribution < 1.29 is 14.8 Å². The van der Waals surface area contributed by atoms with Crippen LogP contribution in [0, 0.1) is 0 Å². The summed E-state index contributed by atoms with van der Waals surface area (Å²) in [5.74, 6) is 0.741. The van der Waals surface area contributed by atoms with Gasteiger partial charge in [0.2, 0.25) is 0 Å². The molecule has 0 spiro atoms. The minimum Gasteiger partial charge on any atom is -0.508 e. The third-order valence-electron chi connectivity index (χ3n) is 6.93. The maximum atomic E-state index is 13.0. The zero-order valence-electron chi connectivity index (χ0n) is 17.9. The van der Waals surface area contributed by atoms with Gasteiger partial charge < -0.3 is 20.2 Å². The number of nitrogens with zero attached hydrogens (tertiary/aromatic N) is 1. The van der Waals surface area contributed by atoms with E-state index < -0.39 is 0 Å². The number of carbonyl (C=O) groups is 1. The summed E-state index contributed by atoms with van der Waals surface area (Å²) < 4.78 is 0. The molecule has 1 heterocycles. The van der Waals surface area contributed by atoms with Crippen LogP contribution in [0.4, 0.5) is 5.69 Å². The molecule has 4 rings (SSSR count). The number of hydrogen-bond acceptors (Lipinski definition) is 3. The summed E-state index contributed by atoms with van der Waals surface area (Å²) in [6.45, 7) is 6.69. The van der Waals surface area contributed by atoms with E-state index in [-0.39, 0.29) is 11.4 Å². The molecule has 2 aliphatic rings. The molecule has 2 aromatic rings. The number of quaternary nitrogens is 1. The molecule has 0 unspecified atom stereocenters. The van der Waals surface area contributed by atoms with Crippen LogP contribution in [0.25, 0.3) is 0 Å². The second-order valence-electron chi connectivity index (χ2n) is 9.10. The van der Waals surface area contributed by atoms with Gasteiger partial charge in [0.15, 0.2) is 6.54 Å². The van der Waals surface area contributed by atoms with Gasteiger partial charge >= 0.3 is 0 Å². The van der Waals surface area contributed by atoms with Crippen molar-refractivity contribution in [1.29, 1.82) is 0 Å². The molecule has 1 amide bonds. The molecule has 1 aliphatic carbocycles. The van der Waals surface area contributed by atoms with Crippen LogP contribution in [0.5, 0.6) is 5.75 Å². The molecular formula is C25H34N3O2+. The van der Waals surface area contributed by atoms with Crippen LogP contribution < -0.4 is 15.1 Å². The van der Waals surface area contributed by atoms with E-state index in [0.29, 0.717) is 18.2 Å². The van der Waals surface area contributed by atoms with Crippen molar-refractivity contribution >= 4 is 11.6 Å². The first-order valence-electron chi connectivity index (χ1n) is 11.3. The number of phenols is 1. The topological polar surface area (TPSA) is 57.0 Å². The highest BCUT2D eigenvalue weighted by molar-refractivity contribution is 5.78. The lowest BCUT2D eigenvalue weighted by Gasteiger charge is -2.43. The monoisotopic (exact) mass is 408 g/mol. The zero-order valence-corrected chi connectivity index (χ0v) is 17.9. The van der Waals surface area contributed by atoms with E-state index in [0.717, 1.165) is 45.4 Å². The summed E-state index contributed by atoms with van der Waals surface area (Å²) in [6, 6.07) is 18.0. The number of aromatic hydroxyl groups is 1. The Morgan fingerprint density at radius 2 is 1.80 bits per heavy atom. The van der Waals surface area contributed by atoms with Crippen LogP contribution in [0.15, 0.2) is 54.6 Å². The SMILES string of the molecule is C[C@]1(NC(=O)C[NH+]2CCN(c3ccccc3)CC2)CCCC[C@H]1c1ccc(O)cc1. The van der Waals surface area contributed by atoms with E-state index in [1.807, 2.05) is 18.2 Å². The Labute approximate surface area is 179 Å². The van der Waals surface area contributed by atoms with Gasteiger partial charge in [0.1, 0.15) is 5.75 Å². The Morgan fingerprint density at radius 3 is 2.50 bits per heavy atom. The van der Waals surface area contributed by atoms with Gasteiger partial charge in [0.05, 0.1) is 26.2 Å². The lowest BCUT2D eigenvalue weighted by atomic mass is 9.70. The van der Waals surface area contributed by atoms with Crippen molar-refractivity contribution in [3.63, 3.8) is 0 Å². The molecule has 1 aliphatic heterocycles. The van der Waals surface area contributed by atoms with E-state index in [9.17, 15) is 9.90 Å². The van der Waals surface area contributed by atoms with Gasteiger partial charge in [-0.25, -0.2) is 0 Å². The minimum absolute atomic E-state index is 0.159. The van der Waals surface area contributed by atoms with Crippen molar-refractivity contribution in [3.05, 3.63) is 60.2 Å². The molecule has 1 saturated heterocycles. The van der Waals surface area contributed by atoms with Gasteiger partial charge in [-0.15, -0.1) is 0 Å². The number of rotatable bonds is 5. The largest absolute Gasteiger partial charge is 0.508 e. The molecule has 2 atom stereocenters. The summed E-state index contributed by atoms with van der Waals surface area (Å²) in [5.41, 5.74) is 2.25. The molecule has 30 heavy (non-hydrogen) atoms. The predicted octanol–water partition coefficient (Wildman–Crippen LogP) is 2.33. The number of benzene rings is 2. The summed E-state index contributed by atoms with van der Waals surface area (Å²) in [5, 5.41) is 13.0. The molecule has 2 aromatic carbocycles. The molecule has 1 saturated carbocycles. The Morgan fingerprint density at radius 1 is 1.10 bits per heavy atom. The van der Waals surface area contributed by atoms with E-state index in [1.165, 1.54) is 22.6 Å². The fraction of sp³-hybridized carbons (Fsp3) is 0.480. The van der Waals surface area contributed by atoms with E-state index in [2.05, 4.69) is 41.4 Å². The number of piperazine rings is 1. The van der Waals surface area contributed by atoms with Crippen LogP contribution >= 0.6 is 0 Å². The third-order valence-corrected chi connectivity index (χ3v) is 6.93.